The summed E-state index contributed by atoms with van der Waals surface area (Å²) in [6, 6.07) is 17.3. The summed E-state index contributed by atoms with van der Waals surface area (Å²) in [5.74, 6) is 5.80. The number of ether oxygens (including phenoxy) is 1. The second-order valence-corrected chi connectivity index (χ2v) is 5.36. The van der Waals surface area contributed by atoms with Crippen molar-refractivity contribution in [1.29, 1.82) is 0 Å². The van der Waals surface area contributed by atoms with E-state index >= 15 is 0 Å². The first-order chi connectivity index (χ1) is 11.6. The molecule has 0 amide bonds. The molecule has 0 aromatic heterocycles. The van der Waals surface area contributed by atoms with Crippen LogP contribution in [0.3, 0.4) is 0 Å². The van der Waals surface area contributed by atoms with Gasteiger partial charge in [0.1, 0.15) is 5.76 Å². The molecule has 0 radical (unpaired) electrons. The van der Waals surface area contributed by atoms with Gasteiger partial charge >= 0.3 is 0 Å². The van der Waals surface area contributed by atoms with E-state index in [1.54, 1.807) is 0 Å². The van der Waals surface area contributed by atoms with Gasteiger partial charge in [-0.15, -0.1) is 0 Å². The van der Waals surface area contributed by atoms with Crippen LogP contribution in [-0.2, 0) is 9.53 Å². The molecule has 0 N–H and O–H groups in total. The maximum atomic E-state index is 12.1. The van der Waals surface area contributed by atoms with Gasteiger partial charge in [0, 0.05) is 37.0 Å². The lowest BCUT2D eigenvalue weighted by molar-refractivity contribution is -0.109. The molecule has 0 unspecified atom stereocenters. The Balaban J connectivity index is 2.16. The zero-order chi connectivity index (χ0) is 17.4. The van der Waals surface area contributed by atoms with E-state index in [0.717, 1.165) is 16.8 Å². The summed E-state index contributed by atoms with van der Waals surface area (Å²) >= 11 is 0. The minimum Gasteiger partial charge on any atom is -0.493 e. The first kappa shape index (κ1) is 17.4. The molecule has 0 aliphatic carbocycles. The van der Waals surface area contributed by atoms with Gasteiger partial charge in [-0.05, 0) is 37.1 Å². The van der Waals surface area contributed by atoms with Gasteiger partial charge in [0.15, 0.2) is 0 Å². The molecule has 0 saturated heterocycles. The molecular formula is C21H21NO2. The molecule has 2 rings (SSSR count). The van der Waals surface area contributed by atoms with E-state index in [-0.39, 0.29) is 5.78 Å². The van der Waals surface area contributed by atoms with Crippen LogP contribution in [0.15, 0.2) is 60.7 Å². The quantitative estimate of drug-likeness (QED) is 0.477. The van der Waals surface area contributed by atoms with E-state index in [2.05, 4.69) is 11.8 Å². The molecule has 0 aliphatic heterocycles. The Labute approximate surface area is 143 Å². The van der Waals surface area contributed by atoms with Crippen molar-refractivity contribution >= 4 is 17.2 Å². The van der Waals surface area contributed by atoms with E-state index in [1.165, 1.54) is 6.08 Å². The first-order valence-electron chi connectivity index (χ1n) is 7.83. The summed E-state index contributed by atoms with van der Waals surface area (Å²) in [6.07, 6.45) is 1.44. The fourth-order valence-corrected chi connectivity index (χ4v) is 2.10. The van der Waals surface area contributed by atoms with E-state index < -0.39 is 0 Å². The monoisotopic (exact) mass is 319 g/mol. The third-order valence-electron chi connectivity index (χ3n) is 3.33. The van der Waals surface area contributed by atoms with Crippen LogP contribution in [0.25, 0.3) is 5.76 Å². The Morgan fingerprint density at radius 3 is 2.33 bits per heavy atom. The average molecular weight is 319 g/mol. The maximum absolute atomic E-state index is 12.1. The number of rotatable bonds is 5. The van der Waals surface area contributed by atoms with E-state index in [9.17, 15) is 4.79 Å². The van der Waals surface area contributed by atoms with Crippen LogP contribution in [0.2, 0.25) is 0 Å². The van der Waals surface area contributed by atoms with Crippen molar-refractivity contribution in [3.05, 3.63) is 71.8 Å². The molecule has 0 heterocycles. The summed E-state index contributed by atoms with van der Waals surface area (Å²) in [4.78, 5) is 14.1. The maximum Gasteiger partial charge on any atom is 0.232 e. The van der Waals surface area contributed by atoms with Crippen LogP contribution in [0.5, 0.6) is 0 Å². The number of carbonyl (C=O) groups is 1. The summed E-state index contributed by atoms with van der Waals surface area (Å²) in [6.45, 7) is 2.38. The van der Waals surface area contributed by atoms with Crippen LogP contribution in [0.4, 0.5) is 5.69 Å². The molecule has 0 atom stereocenters. The van der Waals surface area contributed by atoms with Gasteiger partial charge in [-0.25, -0.2) is 0 Å². The van der Waals surface area contributed by atoms with Crippen LogP contribution in [-0.4, -0.2) is 26.5 Å². The normalized spacial score (nSPS) is 10.5. The summed E-state index contributed by atoms with van der Waals surface area (Å²) in [7, 11) is 3.96. The van der Waals surface area contributed by atoms with Gasteiger partial charge in [0.2, 0.25) is 5.78 Å². The molecule has 122 valence electrons. The van der Waals surface area contributed by atoms with E-state index in [1.807, 2.05) is 80.5 Å². The Hall–Kier alpha value is -2.99. The second kappa shape index (κ2) is 8.59. The minimum absolute atomic E-state index is 0.279. The van der Waals surface area contributed by atoms with Gasteiger partial charge in [-0.3, -0.25) is 4.79 Å². The number of hydrogen-bond donors (Lipinski definition) is 0. The average Bonchev–Trinajstić information content (AvgIpc) is 2.60. The number of ketones is 1. The second-order valence-electron chi connectivity index (χ2n) is 5.36. The summed E-state index contributed by atoms with van der Waals surface area (Å²) in [5, 5.41) is 0. The Kier molecular flexibility index (Phi) is 6.22. The molecule has 0 spiro atoms. The molecule has 2 aromatic rings. The van der Waals surface area contributed by atoms with E-state index in [0.29, 0.717) is 12.4 Å². The first-order valence-corrected chi connectivity index (χ1v) is 7.83. The van der Waals surface area contributed by atoms with Crippen molar-refractivity contribution in [2.45, 2.75) is 6.92 Å². The summed E-state index contributed by atoms with van der Waals surface area (Å²) < 4.78 is 5.56. The van der Waals surface area contributed by atoms with Gasteiger partial charge < -0.3 is 9.64 Å². The Bertz CT molecular complexity index is 763. The highest BCUT2D eigenvalue weighted by atomic mass is 16.5. The topological polar surface area (TPSA) is 29.5 Å². The number of nitrogens with zero attached hydrogens (tertiary/aromatic N) is 1. The number of hydrogen-bond acceptors (Lipinski definition) is 3. The molecule has 0 saturated carbocycles. The fraction of sp³-hybridized carbons (Fsp3) is 0.190. The lowest BCUT2D eigenvalue weighted by atomic mass is 10.1. The zero-order valence-corrected chi connectivity index (χ0v) is 14.2. The molecule has 0 bridgehead atoms. The SMILES string of the molecule is CCO/C(=C\C(=O)C#Cc1ccc(N(C)C)cc1)c1ccccc1. The molecule has 3 nitrogen and oxygen atoms in total. The highest BCUT2D eigenvalue weighted by molar-refractivity contribution is 6.08. The van der Waals surface area contributed by atoms with Crippen molar-refractivity contribution in [3.63, 3.8) is 0 Å². The van der Waals surface area contributed by atoms with Gasteiger partial charge in [-0.1, -0.05) is 36.3 Å². The third-order valence-corrected chi connectivity index (χ3v) is 3.33. The molecule has 24 heavy (non-hydrogen) atoms. The zero-order valence-electron chi connectivity index (χ0n) is 14.2. The van der Waals surface area contributed by atoms with Crippen LogP contribution >= 0.6 is 0 Å². The lowest BCUT2D eigenvalue weighted by Crippen LogP contribution is -2.07. The lowest BCUT2D eigenvalue weighted by Gasteiger charge is -2.11. The van der Waals surface area contributed by atoms with Crippen LogP contribution in [0.1, 0.15) is 18.1 Å². The number of carbonyl (C=O) groups excluding carboxylic acids is 1. The standard InChI is InChI=1S/C21H21NO2/c1-4-24-21(18-8-6-5-7-9-18)16-20(23)15-12-17-10-13-19(14-11-17)22(2)3/h5-11,13-14,16H,4H2,1-3H3/b21-16-. The Morgan fingerprint density at radius 2 is 1.75 bits per heavy atom. The van der Waals surface area contributed by atoms with Gasteiger partial charge in [-0.2, -0.15) is 0 Å². The predicted octanol–water partition coefficient (Wildman–Crippen LogP) is 3.75. The summed E-state index contributed by atoms with van der Waals surface area (Å²) in [5.41, 5.74) is 2.76. The number of allylic oxidation sites excluding steroid dienone is 1. The van der Waals surface area contributed by atoms with Crippen molar-refractivity contribution in [2.24, 2.45) is 0 Å². The van der Waals surface area contributed by atoms with Crippen molar-refractivity contribution < 1.29 is 9.53 Å². The molecule has 0 fully saturated rings. The third kappa shape index (κ3) is 5.03. The van der Waals surface area contributed by atoms with Crippen molar-refractivity contribution in [2.75, 3.05) is 25.6 Å². The molecular weight excluding hydrogens is 298 g/mol. The predicted molar refractivity (Wildman–Crippen MR) is 98.7 cm³/mol. The number of anilines is 1. The molecule has 2 aromatic carbocycles. The van der Waals surface area contributed by atoms with Crippen LogP contribution in [0, 0.1) is 11.8 Å². The van der Waals surface area contributed by atoms with Gasteiger partial charge in [0.05, 0.1) is 6.61 Å². The highest BCUT2D eigenvalue weighted by Crippen LogP contribution is 2.15. The number of benzene rings is 2. The largest absolute Gasteiger partial charge is 0.493 e. The van der Waals surface area contributed by atoms with Crippen LogP contribution < -0.4 is 4.90 Å². The van der Waals surface area contributed by atoms with Gasteiger partial charge in [0.25, 0.3) is 0 Å². The minimum atomic E-state index is -0.279. The molecule has 3 heteroatoms. The van der Waals surface area contributed by atoms with E-state index in [4.69, 9.17) is 4.74 Å². The van der Waals surface area contributed by atoms with Crippen molar-refractivity contribution in [3.8, 4) is 11.8 Å². The van der Waals surface area contributed by atoms with Crippen molar-refractivity contribution in [1.82, 2.24) is 0 Å². The smallest absolute Gasteiger partial charge is 0.232 e. The molecule has 0 aliphatic rings. The fourth-order valence-electron chi connectivity index (χ4n) is 2.10. The Morgan fingerprint density at radius 1 is 1.08 bits per heavy atom. The highest BCUT2D eigenvalue weighted by Gasteiger charge is 2.04.